The number of anilines is 1. The van der Waals surface area contributed by atoms with Gasteiger partial charge in [0.2, 0.25) is 0 Å². The topological polar surface area (TPSA) is 68.3 Å². The first kappa shape index (κ1) is 19.0. The molecule has 6 nitrogen and oxygen atoms in total. The largest absolute Gasteiger partial charge is 0.392 e. The van der Waals surface area contributed by atoms with Crippen molar-refractivity contribution in [1.29, 1.82) is 0 Å². The second-order valence-electron chi connectivity index (χ2n) is 8.12. The van der Waals surface area contributed by atoms with E-state index >= 15 is 0 Å². The van der Waals surface area contributed by atoms with Crippen molar-refractivity contribution in [3.05, 3.63) is 58.8 Å². The minimum atomic E-state index is -0.247. The number of nitrogens with two attached hydrogens (primary N) is 1. The van der Waals surface area contributed by atoms with Crippen molar-refractivity contribution in [2.45, 2.75) is 48.7 Å². The van der Waals surface area contributed by atoms with Crippen molar-refractivity contribution in [2.24, 2.45) is 12.8 Å². The number of methoxy groups -OCH3 is 1. The second-order valence-corrected chi connectivity index (χ2v) is 9.27. The van der Waals surface area contributed by atoms with Crippen LogP contribution in [-0.4, -0.2) is 29.0 Å². The van der Waals surface area contributed by atoms with Gasteiger partial charge < -0.3 is 20.7 Å². The van der Waals surface area contributed by atoms with Gasteiger partial charge >= 0.3 is 0 Å². The summed E-state index contributed by atoms with van der Waals surface area (Å²) in [6.07, 6.45) is 8.16. The summed E-state index contributed by atoms with van der Waals surface area (Å²) in [5.74, 6) is -0.221. The fourth-order valence-corrected chi connectivity index (χ4v) is 6.27. The number of hydrogen-bond donors (Lipinski definition) is 2. The van der Waals surface area contributed by atoms with E-state index in [-0.39, 0.29) is 22.8 Å². The number of aromatic nitrogens is 2. The highest BCUT2D eigenvalue weighted by molar-refractivity contribution is 8.03. The van der Waals surface area contributed by atoms with E-state index in [2.05, 4.69) is 15.3 Å². The maximum atomic E-state index is 14.6. The van der Waals surface area contributed by atoms with Gasteiger partial charge in [0.15, 0.2) is 0 Å². The van der Waals surface area contributed by atoms with Crippen LogP contribution in [-0.2, 0) is 17.3 Å². The molecule has 3 aliphatic rings. The van der Waals surface area contributed by atoms with Gasteiger partial charge in [0.1, 0.15) is 11.2 Å². The Kier molecular flexibility index (Phi) is 4.60. The smallest absolute Gasteiger partial charge is 0.129 e. The average molecular weight is 416 g/mol. The molecule has 29 heavy (non-hydrogen) atoms. The molecule has 4 heterocycles. The highest BCUT2D eigenvalue weighted by Crippen LogP contribution is 2.51. The lowest BCUT2D eigenvalue weighted by molar-refractivity contribution is 0.0352. The van der Waals surface area contributed by atoms with E-state index in [1.54, 1.807) is 13.2 Å². The molecule has 2 bridgehead atoms. The second kappa shape index (κ2) is 7.04. The molecule has 2 saturated heterocycles. The number of hydrogen-bond acceptors (Lipinski definition) is 6. The lowest BCUT2D eigenvalue weighted by atomic mass is 9.85. The molecular formula is C21H26FN5OS. The van der Waals surface area contributed by atoms with Crippen molar-refractivity contribution < 1.29 is 9.13 Å². The lowest BCUT2D eigenvalue weighted by Crippen LogP contribution is -2.51. The van der Waals surface area contributed by atoms with Crippen LogP contribution in [0.2, 0.25) is 0 Å². The zero-order chi connectivity index (χ0) is 20.2. The van der Waals surface area contributed by atoms with E-state index in [1.807, 2.05) is 36.3 Å². The molecule has 5 rings (SSSR count). The van der Waals surface area contributed by atoms with Crippen molar-refractivity contribution in [1.82, 2.24) is 15.1 Å². The molecule has 0 aliphatic carbocycles. The summed E-state index contributed by atoms with van der Waals surface area (Å²) >= 11 is 1.47. The third kappa shape index (κ3) is 2.96. The first-order valence-electron chi connectivity index (χ1n) is 10.0. The summed E-state index contributed by atoms with van der Waals surface area (Å²) < 4.78 is 22.2. The molecule has 2 aromatic rings. The van der Waals surface area contributed by atoms with Gasteiger partial charge in [0.25, 0.3) is 0 Å². The molecule has 4 atom stereocenters. The number of ether oxygens (including phenoxy) is 1. The number of fused-ring (bicyclic) bond motifs is 2. The first-order chi connectivity index (χ1) is 14.0. The van der Waals surface area contributed by atoms with Crippen molar-refractivity contribution in [2.75, 3.05) is 12.0 Å². The molecule has 3 N–H and O–H groups in total. The number of nitrogens with one attached hydrogen (secondary N) is 1. The highest BCUT2D eigenvalue weighted by Gasteiger charge is 2.50. The summed E-state index contributed by atoms with van der Waals surface area (Å²) in [7, 11) is 3.78. The predicted octanol–water partition coefficient (Wildman–Crippen LogP) is 3.32. The predicted molar refractivity (Wildman–Crippen MR) is 113 cm³/mol. The zero-order valence-electron chi connectivity index (χ0n) is 16.6. The molecule has 0 spiro atoms. The quantitative estimate of drug-likeness (QED) is 0.799. The fraction of sp³-hybridized carbons (Fsp3) is 0.476. The Labute approximate surface area is 174 Å². The molecular weight excluding hydrogens is 389 g/mol. The molecule has 1 aromatic heterocycles. The van der Waals surface area contributed by atoms with E-state index in [4.69, 9.17) is 10.5 Å². The number of benzene rings is 1. The fourth-order valence-electron chi connectivity index (χ4n) is 5.23. The molecule has 8 heteroatoms. The number of aryl methyl sites for hydroxylation is 1. The van der Waals surface area contributed by atoms with Crippen molar-refractivity contribution in [3.63, 3.8) is 0 Å². The van der Waals surface area contributed by atoms with Crippen LogP contribution in [0.3, 0.4) is 0 Å². The average Bonchev–Trinajstić information content (AvgIpc) is 3.38. The van der Waals surface area contributed by atoms with Crippen LogP contribution in [0.15, 0.2) is 41.7 Å². The Morgan fingerprint density at radius 1 is 1.31 bits per heavy atom. The van der Waals surface area contributed by atoms with E-state index in [0.717, 1.165) is 37.1 Å². The van der Waals surface area contributed by atoms with Crippen molar-refractivity contribution in [3.8, 4) is 0 Å². The summed E-state index contributed by atoms with van der Waals surface area (Å²) in [5.41, 5.74) is 8.80. The maximum absolute atomic E-state index is 14.6. The number of halogens is 1. The Bertz CT molecular complexity index is 962. The molecule has 1 aromatic carbocycles. The van der Waals surface area contributed by atoms with Gasteiger partial charge in [-0.1, -0.05) is 30.0 Å². The highest BCUT2D eigenvalue weighted by atomic mass is 32.2. The summed E-state index contributed by atoms with van der Waals surface area (Å²) in [4.78, 5) is 2.08. The van der Waals surface area contributed by atoms with Gasteiger partial charge in [0, 0.05) is 32.0 Å². The van der Waals surface area contributed by atoms with Crippen molar-refractivity contribution >= 4 is 17.4 Å². The Hall–Kier alpha value is -2.03. The summed E-state index contributed by atoms with van der Waals surface area (Å²) in [6.45, 7) is 0. The number of nitrogens with zero attached hydrogens (tertiary/aromatic N) is 3. The summed E-state index contributed by atoms with van der Waals surface area (Å²) in [5, 5.41) is 8.86. The van der Waals surface area contributed by atoms with E-state index in [9.17, 15) is 4.39 Å². The van der Waals surface area contributed by atoms with Crippen LogP contribution in [0, 0.1) is 5.82 Å². The lowest BCUT2D eigenvalue weighted by Gasteiger charge is -2.40. The van der Waals surface area contributed by atoms with Crippen LogP contribution in [0.1, 0.15) is 42.3 Å². The first-order valence-corrected chi connectivity index (χ1v) is 10.9. The van der Waals surface area contributed by atoms with Gasteiger partial charge in [-0.2, -0.15) is 5.10 Å². The summed E-state index contributed by atoms with van der Waals surface area (Å²) in [6, 6.07) is 7.26. The van der Waals surface area contributed by atoms with Crippen LogP contribution in [0.4, 0.5) is 10.1 Å². The molecule has 154 valence electrons. The van der Waals surface area contributed by atoms with E-state index in [1.165, 1.54) is 17.8 Å². The molecule has 0 saturated carbocycles. The van der Waals surface area contributed by atoms with Gasteiger partial charge in [-0.05, 0) is 31.7 Å². The number of thioether (sulfide) groups is 1. The molecule has 2 fully saturated rings. The number of rotatable bonds is 4. The monoisotopic (exact) mass is 415 g/mol. The van der Waals surface area contributed by atoms with Gasteiger partial charge in [-0.3, -0.25) is 4.68 Å². The Balaban J connectivity index is 1.56. The SMILES string of the molecule is COC1CCC2(c3c(N4C=C(N)SC4c4ccccc4F)cnn3C)CCC1N2. The van der Waals surface area contributed by atoms with Crippen LogP contribution in [0.25, 0.3) is 0 Å². The zero-order valence-corrected chi connectivity index (χ0v) is 17.5. The van der Waals surface area contributed by atoms with Gasteiger partial charge in [0.05, 0.1) is 34.3 Å². The van der Waals surface area contributed by atoms with E-state index in [0.29, 0.717) is 16.6 Å². The van der Waals surface area contributed by atoms with E-state index < -0.39 is 0 Å². The minimum absolute atomic E-state index is 0.143. The van der Waals surface area contributed by atoms with Gasteiger partial charge in [-0.15, -0.1) is 0 Å². The molecule has 0 amide bonds. The molecule has 0 radical (unpaired) electrons. The maximum Gasteiger partial charge on any atom is 0.129 e. The van der Waals surface area contributed by atoms with Crippen LogP contribution in [0.5, 0.6) is 0 Å². The minimum Gasteiger partial charge on any atom is -0.392 e. The van der Waals surface area contributed by atoms with Crippen LogP contribution >= 0.6 is 11.8 Å². The number of piperidine rings is 1. The Morgan fingerprint density at radius 2 is 2.10 bits per heavy atom. The normalized spacial score (nSPS) is 31.3. The van der Waals surface area contributed by atoms with Crippen LogP contribution < -0.4 is 16.0 Å². The molecule has 4 unspecified atom stereocenters. The molecule has 3 aliphatic heterocycles. The standard InChI is InChI=1S/C21H26FN5OS/c1-26-19(21-9-7-15(25-21)17(28-2)8-10-21)16(11-24-26)27-12-18(23)29-20(27)13-5-3-4-6-14(13)22/h3-6,11-12,15,17,20,25H,7-10,23H2,1-2H3. The third-order valence-electron chi connectivity index (χ3n) is 6.54. The third-order valence-corrected chi connectivity index (χ3v) is 7.62. The Morgan fingerprint density at radius 3 is 2.90 bits per heavy atom. The van der Waals surface area contributed by atoms with Gasteiger partial charge in [-0.25, -0.2) is 4.39 Å².